The maximum absolute atomic E-state index is 12.0. The van der Waals surface area contributed by atoms with Crippen LogP contribution in [0, 0.1) is 11.3 Å². The lowest BCUT2D eigenvalue weighted by Gasteiger charge is -2.15. The molecule has 1 atom stereocenters. The van der Waals surface area contributed by atoms with Crippen LogP contribution in [0.25, 0.3) is 0 Å². The molecule has 2 rings (SSSR count). The summed E-state index contributed by atoms with van der Waals surface area (Å²) in [7, 11) is 0. The molecule has 0 fully saturated rings. The lowest BCUT2D eigenvalue weighted by Crippen LogP contribution is -2.47. The van der Waals surface area contributed by atoms with E-state index in [0.717, 1.165) is 0 Å². The van der Waals surface area contributed by atoms with Gasteiger partial charge in [-0.3, -0.25) is 20.4 Å². The smallest absolute Gasteiger partial charge is 0.279 e. The number of nitriles is 1. The zero-order valence-electron chi connectivity index (χ0n) is 13.0. The van der Waals surface area contributed by atoms with E-state index >= 15 is 0 Å². The highest BCUT2D eigenvalue weighted by atomic mass is 35.5. The van der Waals surface area contributed by atoms with Gasteiger partial charge >= 0.3 is 0 Å². The Labute approximate surface area is 154 Å². The third-order valence-electron chi connectivity index (χ3n) is 3.15. The molecule has 0 heterocycles. The van der Waals surface area contributed by atoms with Gasteiger partial charge in [-0.1, -0.05) is 23.2 Å². The number of nitrogens with zero attached hydrogens (tertiary/aromatic N) is 1. The minimum Gasteiger partial charge on any atom is -0.481 e. The van der Waals surface area contributed by atoms with Gasteiger partial charge in [-0.15, -0.1) is 0 Å². The normalized spacial score (nSPS) is 11.1. The summed E-state index contributed by atoms with van der Waals surface area (Å²) < 4.78 is 5.44. The zero-order chi connectivity index (χ0) is 18.4. The molecule has 0 saturated heterocycles. The molecule has 0 spiro atoms. The summed E-state index contributed by atoms with van der Waals surface area (Å²) in [6.07, 6.45) is -0.859. The van der Waals surface area contributed by atoms with Crippen molar-refractivity contribution in [1.82, 2.24) is 10.9 Å². The fourth-order valence-corrected chi connectivity index (χ4v) is 2.09. The lowest BCUT2D eigenvalue weighted by atomic mass is 10.2. The van der Waals surface area contributed by atoms with Gasteiger partial charge in [-0.2, -0.15) is 5.26 Å². The monoisotopic (exact) mass is 377 g/mol. The van der Waals surface area contributed by atoms with E-state index in [-0.39, 0.29) is 10.6 Å². The molecule has 0 radical (unpaired) electrons. The summed E-state index contributed by atoms with van der Waals surface area (Å²) in [6, 6.07) is 12.6. The Bertz CT molecular complexity index is 832. The van der Waals surface area contributed by atoms with Crippen LogP contribution >= 0.6 is 23.2 Å². The summed E-state index contributed by atoms with van der Waals surface area (Å²) in [5, 5.41) is 9.30. The first-order chi connectivity index (χ1) is 11.9. The van der Waals surface area contributed by atoms with Crippen molar-refractivity contribution in [2.75, 3.05) is 0 Å². The standard InChI is InChI=1S/C17H13Cl2N3O3/c1-10(25-13-5-2-11(9-20)3-6-13)16(23)21-22-17(24)12-4-7-14(18)15(19)8-12/h2-8,10H,1H3,(H,21,23)(H,22,24)/t10-/m0/s1. The van der Waals surface area contributed by atoms with Gasteiger partial charge in [0, 0.05) is 5.56 Å². The van der Waals surface area contributed by atoms with Crippen LogP contribution in [0.2, 0.25) is 10.0 Å². The van der Waals surface area contributed by atoms with Crippen molar-refractivity contribution < 1.29 is 14.3 Å². The lowest BCUT2D eigenvalue weighted by molar-refractivity contribution is -0.128. The van der Waals surface area contributed by atoms with Crippen LogP contribution in [-0.4, -0.2) is 17.9 Å². The predicted octanol–water partition coefficient (Wildman–Crippen LogP) is 3.09. The van der Waals surface area contributed by atoms with Crippen molar-refractivity contribution in [3.8, 4) is 11.8 Å². The summed E-state index contributed by atoms with van der Waals surface area (Å²) in [4.78, 5) is 23.9. The number of benzene rings is 2. The summed E-state index contributed by atoms with van der Waals surface area (Å²) in [5.74, 6) is -0.660. The highest BCUT2D eigenvalue weighted by molar-refractivity contribution is 6.42. The second-order valence-corrected chi connectivity index (χ2v) is 5.78. The Morgan fingerprint density at radius 1 is 1.08 bits per heavy atom. The molecule has 0 saturated carbocycles. The van der Waals surface area contributed by atoms with Gasteiger partial charge in [0.1, 0.15) is 5.75 Å². The molecule has 2 aromatic rings. The van der Waals surface area contributed by atoms with Gasteiger partial charge in [-0.05, 0) is 49.4 Å². The third-order valence-corrected chi connectivity index (χ3v) is 3.89. The van der Waals surface area contributed by atoms with E-state index < -0.39 is 17.9 Å². The van der Waals surface area contributed by atoms with E-state index in [4.69, 9.17) is 33.2 Å². The summed E-state index contributed by atoms with van der Waals surface area (Å²) >= 11 is 11.6. The van der Waals surface area contributed by atoms with Crippen LogP contribution in [0.15, 0.2) is 42.5 Å². The summed E-state index contributed by atoms with van der Waals surface area (Å²) in [6.45, 7) is 1.53. The van der Waals surface area contributed by atoms with Crippen LogP contribution in [-0.2, 0) is 4.79 Å². The van der Waals surface area contributed by atoms with E-state index in [9.17, 15) is 9.59 Å². The second kappa shape index (κ2) is 8.38. The SMILES string of the molecule is C[C@H](Oc1ccc(C#N)cc1)C(=O)NNC(=O)c1ccc(Cl)c(Cl)c1. The number of hydrazine groups is 1. The maximum Gasteiger partial charge on any atom is 0.279 e. The number of carbonyl (C=O) groups is 2. The number of hydrogen-bond acceptors (Lipinski definition) is 4. The number of hydrogen-bond donors (Lipinski definition) is 2. The third kappa shape index (κ3) is 5.11. The van der Waals surface area contributed by atoms with Crippen molar-refractivity contribution in [3.63, 3.8) is 0 Å². The van der Waals surface area contributed by atoms with E-state index in [1.165, 1.54) is 25.1 Å². The van der Waals surface area contributed by atoms with E-state index in [1.807, 2.05) is 6.07 Å². The molecule has 0 unspecified atom stereocenters. The van der Waals surface area contributed by atoms with Gasteiger partial charge in [0.05, 0.1) is 21.7 Å². The molecule has 8 heteroatoms. The highest BCUT2D eigenvalue weighted by Crippen LogP contribution is 2.22. The molecule has 2 amide bonds. The Balaban J connectivity index is 1.88. The molecule has 128 valence electrons. The molecular weight excluding hydrogens is 365 g/mol. The first-order valence-electron chi connectivity index (χ1n) is 7.13. The molecule has 2 aromatic carbocycles. The largest absolute Gasteiger partial charge is 0.481 e. The quantitative estimate of drug-likeness (QED) is 0.800. The number of nitrogens with one attached hydrogen (secondary N) is 2. The predicted molar refractivity (Wildman–Crippen MR) is 93.3 cm³/mol. The Hall–Kier alpha value is -2.75. The van der Waals surface area contributed by atoms with Crippen LogP contribution in [0.5, 0.6) is 5.75 Å². The minimum absolute atomic E-state index is 0.234. The second-order valence-electron chi connectivity index (χ2n) is 4.97. The number of amides is 2. The molecule has 0 aliphatic heterocycles. The van der Waals surface area contributed by atoms with Gasteiger partial charge < -0.3 is 4.74 Å². The Morgan fingerprint density at radius 3 is 2.36 bits per heavy atom. The Kier molecular flexibility index (Phi) is 6.23. The van der Waals surface area contributed by atoms with Crippen molar-refractivity contribution >= 4 is 35.0 Å². The van der Waals surface area contributed by atoms with Crippen LogP contribution in [0.3, 0.4) is 0 Å². The first kappa shape index (κ1) is 18.6. The van der Waals surface area contributed by atoms with Crippen LogP contribution in [0.4, 0.5) is 0 Å². The molecule has 0 aliphatic carbocycles. The van der Waals surface area contributed by atoms with Crippen molar-refractivity contribution in [2.24, 2.45) is 0 Å². The molecule has 6 nitrogen and oxygen atoms in total. The van der Waals surface area contributed by atoms with Crippen molar-refractivity contribution in [1.29, 1.82) is 5.26 Å². The molecule has 2 N–H and O–H groups in total. The van der Waals surface area contributed by atoms with E-state index in [1.54, 1.807) is 24.3 Å². The maximum atomic E-state index is 12.0. The number of carbonyl (C=O) groups excluding carboxylic acids is 2. The topological polar surface area (TPSA) is 91.2 Å². The van der Waals surface area contributed by atoms with Crippen molar-refractivity contribution in [3.05, 3.63) is 63.6 Å². The fraction of sp³-hybridized carbons (Fsp3) is 0.118. The molecule has 0 bridgehead atoms. The van der Waals surface area contributed by atoms with Gasteiger partial charge in [0.15, 0.2) is 6.10 Å². The number of ether oxygens (including phenoxy) is 1. The highest BCUT2D eigenvalue weighted by Gasteiger charge is 2.16. The van der Waals surface area contributed by atoms with E-state index in [0.29, 0.717) is 16.3 Å². The first-order valence-corrected chi connectivity index (χ1v) is 7.88. The molecule has 25 heavy (non-hydrogen) atoms. The number of halogens is 2. The van der Waals surface area contributed by atoms with Gasteiger partial charge in [0.25, 0.3) is 11.8 Å². The van der Waals surface area contributed by atoms with Crippen molar-refractivity contribution in [2.45, 2.75) is 13.0 Å². The van der Waals surface area contributed by atoms with Gasteiger partial charge in [-0.25, -0.2) is 0 Å². The molecular formula is C17H13Cl2N3O3. The van der Waals surface area contributed by atoms with E-state index in [2.05, 4.69) is 10.9 Å². The van der Waals surface area contributed by atoms with Gasteiger partial charge in [0.2, 0.25) is 0 Å². The van der Waals surface area contributed by atoms with Crippen LogP contribution < -0.4 is 15.6 Å². The molecule has 0 aliphatic rings. The average Bonchev–Trinajstić information content (AvgIpc) is 2.62. The summed E-state index contributed by atoms with van der Waals surface area (Å²) in [5.41, 5.74) is 5.26. The number of rotatable bonds is 4. The minimum atomic E-state index is -0.859. The zero-order valence-corrected chi connectivity index (χ0v) is 14.6. The average molecular weight is 378 g/mol. The fourth-order valence-electron chi connectivity index (χ4n) is 1.80. The molecule has 0 aromatic heterocycles. The Morgan fingerprint density at radius 2 is 1.76 bits per heavy atom. The van der Waals surface area contributed by atoms with Crippen LogP contribution in [0.1, 0.15) is 22.8 Å².